The fraction of sp³-hybridized carbons (Fsp3) is 0.438. The van der Waals surface area contributed by atoms with Crippen LogP contribution in [0.4, 0.5) is 0 Å². The highest BCUT2D eigenvalue weighted by Crippen LogP contribution is 2.14. The molecule has 0 radical (unpaired) electrons. The van der Waals surface area contributed by atoms with E-state index in [1.165, 1.54) is 16.8 Å². The molecule has 2 N–H and O–H groups in total. The summed E-state index contributed by atoms with van der Waals surface area (Å²) in [7, 11) is 0. The predicted molar refractivity (Wildman–Crippen MR) is 81.1 cm³/mol. The summed E-state index contributed by atoms with van der Waals surface area (Å²) in [5.74, 6) is 0.893. The van der Waals surface area contributed by atoms with Crippen molar-refractivity contribution in [2.24, 2.45) is 5.73 Å². The lowest BCUT2D eigenvalue weighted by atomic mass is 10.1. The van der Waals surface area contributed by atoms with Crippen LogP contribution in [0.5, 0.6) is 5.75 Å². The van der Waals surface area contributed by atoms with Crippen LogP contribution in [0.3, 0.4) is 0 Å². The number of ether oxygens (including phenoxy) is 1. The SMILES string of the molecule is Cc1nn(CCOc2ccc(CCN)cc2)c(C)c1C. The summed E-state index contributed by atoms with van der Waals surface area (Å²) in [6, 6.07) is 8.13. The smallest absolute Gasteiger partial charge is 0.119 e. The van der Waals surface area contributed by atoms with Crippen LogP contribution in [-0.4, -0.2) is 22.9 Å². The first-order valence-electron chi connectivity index (χ1n) is 7.04. The van der Waals surface area contributed by atoms with Gasteiger partial charge in [-0.25, -0.2) is 0 Å². The molecule has 0 saturated carbocycles. The molecule has 4 heteroatoms. The Balaban J connectivity index is 1.87. The second-order valence-electron chi connectivity index (χ2n) is 5.05. The first kappa shape index (κ1) is 14.6. The number of hydrogen-bond acceptors (Lipinski definition) is 3. The molecule has 0 aliphatic heterocycles. The fourth-order valence-corrected chi connectivity index (χ4v) is 2.17. The monoisotopic (exact) mass is 273 g/mol. The summed E-state index contributed by atoms with van der Waals surface area (Å²) in [5.41, 5.74) is 10.3. The summed E-state index contributed by atoms with van der Waals surface area (Å²) in [6.07, 6.45) is 0.908. The first-order chi connectivity index (χ1) is 9.61. The fourth-order valence-electron chi connectivity index (χ4n) is 2.17. The van der Waals surface area contributed by atoms with E-state index < -0.39 is 0 Å². The van der Waals surface area contributed by atoms with Crippen LogP contribution in [0, 0.1) is 20.8 Å². The molecule has 108 valence electrons. The molecule has 2 aromatic rings. The average Bonchev–Trinajstić information content (AvgIpc) is 2.69. The van der Waals surface area contributed by atoms with Crippen LogP contribution in [0.2, 0.25) is 0 Å². The van der Waals surface area contributed by atoms with Gasteiger partial charge in [0.25, 0.3) is 0 Å². The molecule has 1 heterocycles. The lowest BCUT2D eigenvalue weighted by Crippen LogP contribution is -2.11. The van der Waals surface area contributed by atoms with Crippen molar-refractivity contribution in [1.82, 2.24) is 9.78 Å². The Morgan fingerprint density at radius 1 is 1.15 bits per heavy atom. The second kappa shape index (κ2) is 6.57. The molecule has 0 aliphatic rings. The zero-order valence-electron chi connectivity index (χ0n) is 12.5. The molecule has 2 rings (SSSR count). The molecule has 0 aliphatic carbocycles. The highest BCUT2D eigenvalue weighted by Gasteiger charge is 2.06. The van der Waals surface area contributed by atoms with Crippen molar-refractivity contribution in [3.63, 3.8) is 0 Å². The zero-order chi connectivity index (χ0) is 14.5. The van der Waals surface area contributed by atoms with E-state index in [0.29, 0.717) is 13.2 Å². The number of nitrogens with zero attached hydrogens (tertiary/aromatic N) is 2. The minimum absolute atomic E-state index is 0.623. The molecule has 4 nitrogen and oxygen atoms in total. The van der Waals surface area contributed by atoms with Gasteiger partial charge in [-0.3, -0.25) is 4.68 Å². The number of benzene rings is 1. The molecule has 20 heavy (non-hydrogen) atoms. The van der Waals surface area contributed by atoms with Crippen LogP contribution in [0.25, 0.3) is 0 Å². The average molecular weight is 273 g/mol. The third kappa shape index (κ3) is 3.39. The Hall–Kier alpha value is -1.81. The summed E-state index contributed by atoms with van der Waals surface area (Å²) in [5, 5.41) is 4.50. The van der Waals surface area contributed by atoms with Crippen molar-refractivity contribution < 1.29 is 4.74 Å². The van der Waals surface area contributed by atoms with Crippen LogP contribution in [-0.2, 0) is 13.0 Å². The Morgan fingerprint density at radius 2 is 1.85 bits per heavy atom. The third-order valence-electron chi connectivity index (χ3n) is 3.67. The minimum Gasteiger partial charge on any atom is -0.492 e. The predicted octanol–water partition coefficient (Wildman–Crippen LogP) is 2.39. The molecule has 0 bridgehead atoms. The molecule has 0 spiro atoms. The van der Waals surface area contributed by atoms with Crippen LogP contribution >= 0.6 is 0 Å². The summed E-state index contributed by atoms with van der Waals surface area (Å²) < 4.78 is 7.76. The molecule has 0 saturated heterocycles. The number of nitrogens with two attached hydrogens (primary N) is 1. The van der Waals surface area contributed by atoms with E-state index in [-0.39, 0.29) is 0 Å². The topological polar surface area (TPSA) is 53.1 Å². The van der Waals surface area contributed by atoms with Crippen LogP contribution in [0.1, 0.15) is 22.5 Å². The third-order valence-corrected chi connectivity index (χ3v) is 3.67. The van der Waals surface area contributed by atoms with Crippen molar-refractivity contribution in [2.75, 3.05) is 13.2 Å². The summed E-state index contributed by atoms with van der Waals surface area (Å²) >= 11 is 0. The van der Waals surface area contributed by atoms with Gasteiger partial charge < -0.3 is 10.5 Å². The van der Waals surface area contributed by atoms with Gasteiger partial charge in [0.1, 0.15) is 12.4 Å². The van der Waals surface area contributed by atoms with Gasteiger partial charge in [-0.1, -0.05) is 12.1 Å². The summed E-state index contributed by atoms with van der Waals surface area (Å²) in [6.45, 7) is 8.30. The maximum absolute atomic E-state index is 5.76. The summed E-state index contributed by atoms with van der Waals surface area (Å²) in [4.78, 5) is 0. The standard InChI is InChI=1S/C16H23N3O/c1-12-13(2)18-19(14(12)3)10-11-20-16-6-4-15(5-7-16)8-9-17/h4-7H,8-11,17H2,1-3H3. The van der Waals surface area contributed by atoms with Crippen LogP contribution in [0.15, 0.2) is 24.3 Å². The van der Waals surface area contributed by atoms with Gasteiger partial charge in [0.05, 0.1) is 12.2 Å². The zero-order valence-corrected chi connectivity index (χ0v) is 12.5. The number of aryl methyl sites for hydroxylation is 1. The van der Waals surface area contributed by atoms with E-state index >= 15 is 0 Å². The van der Waals surface area contributed by atoms with Gasteiger partial charge in [0.2, 0.25) is 0 Å². The van der Waals surface area contributed by atoms with E-state index in [2.05, 4.69) is 31.1 Å². The van der Waals surface area contributed by atoms with E-state index in [9.17, 15) is 0 Å². The van der Waals surface area contributed by atoms with E-state index in [1.54, 1.807) is 0 Å². The largest absolute Gasteiger partial charge is 0.492 e. The highest BCUT2D eigenvalue weighted by molar-refractivity contribution is 5.27. The van der Waals surface area contributed by atoms with Gasteiger partial charge in [-0.2, -0.15) is 5.10 Å². The van der Waals surface area contributed by atoms with Gasteiger partial charge in [0.15, 0.2) is 0 Å². The van der Waals surface area contributed by atoms with Gasteiger partial charge in [-0.15, -0.1) is 0 Å². The van der Waals surface area contributed by atoms with Crippen molar-refractivity contribution >= 4 is 0 Å². The lowest BCUT2D eigenvalue weighted by molar-refractivity contribution is 0.289. The second-order valence-corrected chi connectivity index (χ2v) is 5.05. The molecular formula is C16H23N3O. The molecule has 0 amide bonds. The molecule has 1 aromatic heterocycles. The van der Waals surface area contributed by atoms with Crippen molar-refractivity contribution in [3.8, 4) is 5.75 Å². The Labute approximate surface area is 120 Å². The van der Waals surface area contributed by atoms with Gasteiger partial charge >= 0.3 is 0 Å². The maximum atomic E-state index is 5.76. The Morgan fingerprint density at radius 3 is 2.40 bits per heavy atom. The number of hydrogen-bond donors (Lipinski definition) is 1. The van der Waals surface area contributed by atoms with Crippen molar-refractivity contribution in [2.45, 2.75) is 33.7 Å². The quantitative estimate of drug-likeness (QED) is 0.879. The van der Waals surface area contributed by atoms with Crippen molar-refractivity contribution in [3.05, 3.63) is 46.8 Å². The van der Waals surface area contributed by atoms with E-state index in [0.717, 1.165) is 24.4 Å². The Bertz CT molecular complexity index is 558. The van der Waals surface area contributed by atoms with Gasteiger partial charge in [0, 0.05) is 5.69 Å². The number of aromatic nitrogens is 2. The Kier molecular flexibility index (Phi) is 4.79. The van der Waals surface area contributed by atoms with E-state index in [4.69, 9.17) is 10.5 Å². The van der Waals surface area contributed by atoms with Gasteiger partial charge in [-0.05, 0) is 57.0 Å². The normalized spacial score (nSPS) is 10.8. The van der Waals surface area contributed by atoms with Crippen LogP contribution < -0.4 is 10.5 Å². The number of rotatable bonds is 6. The molecule has 0 unspecified atom stereocenters. The molecule has 0 atom stereocenters. The highest BCUT2D eigenvalue weighted by atomic mass is 16.5. The maximum Gasteiger partial charge on any atom is 0.119 e. The van der Waals surface area contributed by atoms with Crippen molar-refractivity contribution in [1.29, 1.82) is 0 Å². The minimum atomic E-state index is 0.623. The molecule has 1 aromatic carbocycles. The first-order valence-corrected chi connectivity index (χ1v) is 7.04. The molecule has 0 fully saturated rings. The van der Waals surface area contributed by atoms with E-state index in [1.807, 2.05) is 23.7 Å². The molecular weight excluding hydrogens is 250 g/mol. The lowest BCUT2D eigenvalue weighted by Gasteiger charge is -2.08.